The first-order valence-electron chi connectivity index (χ1n) is 11.4. The summed E-state index contributed by atoms with van der Waals surface area (Å²) in [6, 6.07) is 11.8. The standard InChI is InChI=1S/C25H29N5O3/c1-32-21-6-2-4-19(14-21)16-28-23(31)22-18-30-13-10-27-24(30)25(33-22)7-11-29(12-8-25)17-20-5-3-9-26-15-20/h2-6,9-10,13-15,22H,7-8,11-12,16-18H2,1H3,(H,28,31). The maximum atomic E-state index is 13.1. The third-order valence-corrected chi connectivity index (χ3v) is 6.54. The SMILES string of the molecule is COc1cccc(CNC(=O)C2Cn3ccnc3C3(CCN(Cc4cccnc4)CC3)O2)c1. The lowest BCUT2D eigenvalue weighted by atomic mass is 9.88. The second kappa shape index (κ2) is 9.33. The zero-order valence-electron chi connectivity index (χ0n) is 18.8. The number of benzene rings is 1. The van der Waals surface area contributed by atoms with Crippen molar-refractivity contribution in [2.45, 2.75) is 44.2 Å². The van der Waals surface area contributed by atoms with E-state index < -0.39 is 11.7 Å². The van der Waals surface area contributed by atoms with Crippen molar-refractivity contribution in [3.63, 3.8) is 0 Å². The minimum Gasteiger partial charge on any atom is -0.497 e. The van der Waals surface area contributed by atoms with Crippen molar-refractivity contribution >= 4 is 5.91 Å². The van der Waals surface area contributed by atoms with Crippen LogP contribution in [0, 0.1) is 0 Å². The maximum absolute atomic E-state index is 13.1. The summed E-state index contributed by atoms with van der Waals surface area (Å²) in [6.07, 6.45) is 8.50. The highest BCUT2D eigenvalue weighted by atomic mass is 16.5. The van der Waals surface area contributed by atoms with Crippen LogP contribution in [0.2, 0.25) is 0 Å². The van der Waals surface area contributed by atoms with Gasteiger partial charge >= 0.3 is 0 Å². The molecule has 2 aliphatic rings. The van der Waals surface area contributed by atoms with Gasteiger partial charge in [-0.3, -0.25) is 14.7 Å². The van der Waals surface area contributed by atoms with E-state index in [4.69, 9.17) is 9.47 Å². The number of hydrogen-bond acceptors (Lipinski definition) is 6. The van der Waals surface area contributed by atoms with E-state index >= 15 is 0 Å². The molecule has 1 unspecified atom stereocenters. The van der Waals surface area contributed by atoms with Gasteiger partial charge in [-0.1, -0.05) is 18.2 Å². The Bertz CT molecular complexity index is 1090. The van der Waals surface area contributed by atoms with Crippen LogP contribution in [0.25, 0.3) is 0 Å². The summed E-state index contributed by atoms with van der Waals surface area (Å²) in [5.74, 6) is 1.60. The van der Waals surface area contributed by atoms with Gasteiger partial charge < -0.3 is 19.4 Å². The molecule has 1 amide bonds. The minimum absolute atomic E-state index is 0.102. The topological polar surface area (TPSA) is 81.5 Å². The molecule has 33 heavy (non-hydrogen) atoms. The summed E-state index contributed by atoms with van der Waals surface area (Å²) in [4.78, 5) is 24.3. The molecule has 1 atom stereocenters. The van der Waals surface area contributed by atoms with Crippen LogP contribution in [0.3, 0.4) is 0 Å². The molecular weight excluding hydrogens is 418 g/mol. The molecule has 1 aromatic carbocycles. The van der Waals surface area contributed by atoms with Crippen LogP contribution < -0.4 is 10.1 Å². The fourth-order valence-electron chi connectivity index (χ4n) is 4.78. The van der Waals surface area contributed by atoms with Crippen LogP contribution in [0.5, 0.6) is 5.75 Å². The Labute approximate surface area is 193 Å². The van der Waals surface area contributed by atoms with Gasteiger partial charge in [0, 0.05) is 51.0 Å². The maximum Gasteiger partial charge on any atom is 0.251 e. The number of amides is 1. The third-order valence-electron chi connectivity index (χ3n) is 6.54. The fourth-order valence-corrected chi connectivity index (χ4v) is 4.78. The van der Waals surface area contributed by atoms with E-state index in [1.54, 1.807) is 19.5 Å². The molecule has 5 rings (SSSR count). The number of likely N-dealkylation sites (tertiary alicyclic amines) is 1. The number of nitrogens with one attached hydrogen (secondary N) is 1. The van der Waals surface area contributed by atoms with Crippen molar-refractivity contribution in [1.82, 2.24) is 24.8 Å². The number of aromatic nitrogens is 3. The number of piperidine rings is 1. The van der Waals surface area contributed by atoms with Gasteiger partial charge in [-0.05, 0) is 42.2 Å². The highest BCUT2D eigenvalue weighted by Crippen LogP contribution is 2.40. The fraction of sp³-hybridized carbons (Fsp3) is 0.400. The Balaban J connectivity index is 1.25. The van der Waals surface area contributed by atoms with Crippen molar-refractivity contribution in [2.24, 2.45) is 0 Å². The molecule has 8 nitrogen and oxygen atoms in total. The van der Waals surface area contributed by atoms with Gasteiger partial charge in [0.1, 0.15) is 17.2 Å². The monoisotopic (exact) mass is 447 g/mol. The molecule has 0 saturated carbocycles. The summed E-state index contributed by atoms with van der Waals surface area (Å²) in [5, 5.41) is 3.04. The molecule has 2 aromatic heterocycles. The van der Waals surface area contributed by atoms with Gasteiger partial charge in [0.2, 0.25) is 0 Å². The Morgan fingerprint density at radius 1 is 1.21 bits per heavy atom. The van der Waals surface area contributed by atoms with Crippen molar-refractivity contribution in [3.8, 4) is 5.75 Å². The summed E-state index contributed by atoms with van der Waals surface area (Å²) >= 11 is 0. The van der Waals surface area contributed by atoms with Crippen molar-refractivity contribution < 1.29 is 14.3 Å². The zero-order chi connectivity index (χ0) is 22.7. The van der Waals surface area contributed by atoms with Crippen LogP contribution in [0.4, 0.5) is 0 Å². The Morgan fingerprint density at radius 2 is 2.06 bits per heavy atom. The molecule has 0 bridgehead atoms. The van der Waals surface area contributed by atoms with Gasteiger partial charge in [0.15, 0.2) is 6.10 Å². The quantitative estimate of drug-likeness (QED) is 0.625. The number of pyridine rings is 1. The van der Waals surface area contributed by atoms with E-state index in [2.05, 4.69) is 30.8 Å². The second-order valence-corrected chi connectivity index (χ2v) is 8.71. The first-order chi connectivity index (χ1) is 16.1. The lowest BCUT2D eigenvalue weighted by Gasteiger charge is -2.45. The molecule has 172 valence electrons. The first-order valence-corrected chi connectivity index (χ1v) is 11.4. The van der Waals surface area contributed by atoms with Gasteiger partial charge in [-0.25, -0.2) is 4.98 Å². The lowest BCUT2D eigenvalue weighted by Crippen LogP contribution is -2.53. The summed E-state index contributed by atoms with van der Waals surface area (Å²) < 4.78 is 13.9. The number of ether oxygens (including phenoxy) is 2. The molecule has 2 aliphatic heterocycles. The number of nitrogens with zero attached hydrogens (tertiary/aromatic N) is 4. The zero-order valence-corrected chi connectivity index (χ0v) is 18.8. The van der Waals surface area contributed by atoms with Gasteiger partial charge in [-0.2, -0.15) is 0 Å². The lowest BCUT2D eigenvalue weighted by molar-refractivity contribution is -0.174. The van der Waals surface area contributed by atoms with Gasteiger partial charge in [0.05, 0.1) is 13.7 Å². The van der Waals surface area contributed by atoms with E-state index in [1.165, 1.54) is 5.56 Å². The van der Waals surface area contributed by atoms with E-state index in [0.29, 0.717) is 13.1 Å². The van der Waals surface area contributed by atoms with E-state index in [1.807, 2.05) is 42.7 Å². The van der Waals surface area contributed by atoms with Crippen LogP contribution in [-0.4, -0.2) is 51.6 Å². The largest absolute Gasteiger partial charge is 0.497 e. The first kappa shape index (κ1) is 21.6. The molecule has 1 fully saturated rings. The van der Waals surface area contributed by atoms with Crippen LogP contribution in [-0.2, 0) is 34.8 Å². The Hall–Kier alpha value is -3.23. The molecule has 8 heteroatoms. The summed E-state index contributed by atoms with van der Waals surface area (Å²) in [5.41, 5.74) is 1.65. The number of carbonyl (C=O) groups excluding carboxylic acids is 1. The van der Waals surface area contributed by atoms with Crippen molar-refractivity contribution in [3.05, 3.63) is 78.1 Å². The summed E-state index contributed by atoms with van der Waals surface area (Å²) in [7, 11) is 1.64. The molecular formula is C25H29N5O3. The van der Waals surface area contributed by atoms with Crippen LogP contribution >= 0.6 is 0 Å². The van der Waals surface area contributed by atoms with Crippen LogP contribution in [0.15, 0.2) is 61.2 Å². The number of imidazole rings is 1. The number of hydrogen-bond donors (Lipinski definition) is 1. The normalized spacial score (nSPS) is 19.7. The minimum atomic E-state index is -0.554. The second-order valence-electron chi connectivity index (χ2n) is 8.71. The van der Waals surface area contributed by atoms with Crippen molar-refractivity contribution in [2.75, 3.05) is 20.2 Å². The van der Waals surface area contributed by atoms with E-state index in [-0.39, 0.29) is 5.91 Å². The predicted octanol–water partition coefficient (Wildman–Crippen LogP) is 2.49. The van der Waals surface area contributed by atoms with Gasteiger partial charge in [0.25, 0.3) is 5.91 Å². The number of carbonyl (C=O) groups is 1. The van der Waals surface area contributed by atoms with E-state index in [0.717, 1.165) is 49.6 Å². The average Bonchev–Trinajstić information content (AvgIpc) is 3.35. The number of methoxy groups -OCH3 is 1. The molecule has 0 aliphatic carbocycles. The molecule has 1 saturated heterocycles. The Kier molecular flexibility index (Phi) is 6.11. The van der Waals surface area contributed by atoms with Gasteiger partial charge in [-0.15, -0.1) is 0 Å². The number of rotatable bonds is 6. The summed E-state index contributed by atoms with van der Waals surface area (Å²) in [6.45, 7) is 3.52. The molecule has 1 N–H and O–H groups in total. The molecule has 4 heterocycles. The van der Waals surface area contributed by atoms with Crippen LogP contribution in [0.1, 0.15) is 29.8 Å². The highest BCUT2D eigenvalue weighted by Gasteiger charge is 2.47. The van der Waals surface area contributed by atoms with Crippen molar-refractivity contribution in [1.29, 1.82) is 0 Å². The van der Waals surface area contributed by atoms with E-state index in [9.17, 15) is 4.79 Å². The predicted molar refractivity (Wildman–Crippen MR) is 122 cm³/mol. The Morgan fingerprint density at radius 3 is 2.85 bits per heavy atom. The molecule has 1 spiro atoms. The number of fused-ring (bicyclic) bond motifs is 2. The smallest absolute Gasteiger partial charge is 0.251 e. The highest BCUT2D eigenvalue weighted by molar-refractivity contribution is 5.81. The molecule has 0 radical (unpaired) electrons. The average molecular weight is 448 g/mol. The third kappa shape index (κ3) is 4.62. The molecule has 3 aromatic rings.